The third kappa shape index (κ3) is 4.26. The van der Waals surface area contributed by atoms with Gasteiger partial charge < -0.3 is 0 Å². The lowest BCUT2D eigenvalue weighted by atomic mass is 9.92. The second-order valence-corrected chi connectivity index (χ2v) is 5.02. The average molecular weight is 196 g/mol. The molecular weight excluding hydrogens is 172 g/mol. The second-order valence-electron chi connectivity index (χ2n) is 5.02. The molecule has 82 valence electrons. The van der Waals surface area contributed by atoms with E-state index in [1.165, 1.54) is 38.5 Å². The normalized spacial score (nSPS) is 19.6. The highest BCUT2D eigenvalue weighted by atomic mass is 16.1. The first kappa shape index (κ1) is 11.7. The number of carbonyl (C=O) groups is 1. The molecule has 0 bridgehead atoms. The topological polar surface area (TPSA) is 17.1 Å². The molecule has 0 aromatic carbocycles. The van der Waals surface area contributed by atoms with Crippen LogP contribution < -0.4 is 0 Å². The number of carbonyl (C=O) groups excluding carboxylic acids is 1. The lowest BCUT2D eigenvalue weighted by molar-refractivity contribution is -0.122. The van der Waals surface area contributed by atoms with Gasteiger partial charge in [0.05, 0.1) is 0 Å². The first-order chi connectivity index (χ1) is 6.70. The summed E-state index contributed by atoms with van der Waals surface area (Å²) in [5.74, 6) is 1.54. The number of rotatable bonds is 4. The van der Waals surface area contributed by atoms with E-state index in [9.17, 15) is 4.79 Å². The van der Waals surface area contributed by atoms with Crippen LogP contribution in [0.1, 0.15) is 65.2 Å². The van der Waals surface area contributed by atoms with E-state index in [4.69, 9.17) is 0 Å². The molecule has 0 aromatic heterocycles. The Bertz CT molecular complexity index is 164. The lowest BCUT2D eigenvalue weighted by Crippen LogP contribution is -2.09. The van der Waals surface area contributed by atoms with Crippen LogP contribution in [0.4, 0.5) is 0 Å². The Hall–Kier alpha value is -0.330. The van der Waals surface area contributed by atoms with E-state index in [1.807, 2.05) is 13.8 Å². The first-order valence-corrected chi connectivity index (χ1v) is 6.23. The Kier molecular flexibility index (Phi) is 5.21. The molecule has 0 saturated heterocycles. The summed E-state index contributed by atoms with van der Waals surface area (Å²) in [6.45, 7) is 4.02. The minimum absolute atomic E-state index is 0.237. The summed E-state index contributed by atoms with van der Waals surface area (Å²) in [6, 6.07) is 0. The molecule has 0 N–H and O–H groups in total. The van der Waals surface area contributed by atoms with E-state index in [0.29, 0.717) is 5.78 Å². The van der Waals surface area contributed by atoms with Crippen molar-refractivity contribution >= 4 is 5.78 Å². The Morgan fingerprint density at radius 1 is 1.14 bits per heavy atom. The molecule has 0 amide bonds. The van der Waals surface area contributed by atoms with Crippen molar-refractivity contribution in [2.75, 3.05) is 0 Å². The zero-order valence-corrected chi connectivity index (χ0v) is 9.72. The molecule has 0 heterocycles. The van der Waals surface area contributed by atoms with Gasteiger partial charge in [-0.15, -0.1) is 0 Å². The SMILES string of the molecule is CC(C)C(=O)CCC1CCCCCC1. The van der Waals surface area contributed by atoms with Crippen molar-refractivity contribution in [1.29, 1.82) is 0 Å². The molecule has 14 heavy (non-hydrogen) atoms. The smallest absolute Gasteiger partial charge is 0.135 e. The monoisotopic (exact) mass is 196 g/mol. The summed E-state index contributed by atoms with van der Waals surface area (Å²) < 4.78 is 0. The summed E-state index contributed by atoms with van der Waals surface area (Å²) in [7, 11) is 0. The molecule has 0 unspecified atom stereocenters. The Balaban J connectivity index is 2.19. The molecule has 0 spiro atoms. The third-order valence-corrected chi connectivity index (χ3v) is 3.42. The van der Waals surface area contributed by atoms with Crippen LogP contribution in [0.5, 0.6) is 0 Å². The fourth-order valence-electron chi connectivity index (χ4n) is 2.29. The average Bonchev–Trinajstić information content (AvgIpc) is 2.42. The van der Waals surface area contributed by atoms with E-state index in [2.05, 4.69) is 0 Å². The number of hydrogen-bond acceptors (Lipinski definition) is 1. The van der Waals surface area contributed by atoms with Crippen molar-refractivity contribution in [3.05, 3.63) is 0 Å². The first-order valence-electron chi connectivity index (χ1n) is 6.23. The van der Waals surface area contributed by atoms with E-state index >= 15 is 0 Å². The zero-order valence-electron chi connectivity index (χ0n) is 9.72. The van der Waals surface area contributed by atoms with Crippen molar-refractivity contribution in [1.82, 2.24) is 0 Å². The zero-order chi connectivity index (χ0) is 10.4. The molecule has 1 saturated carbocycles. The lowest BCUT2D eigenvalue weighted by Gasteiger charge is -2.13. The molecule has 1 rings (SSSR count). The van der Waals surface area contributed by atoms with Gasteiger partial charge in [-0.05, 0) is 12.3 Å². The number of hydrogen-bond donors (Lipinski definition) is 0. The molecule has 1 aliphatic rings. The van der Waals surface area contributed by atoms with Crippen LogP contribution in [0.2, 0.25) is 0 Å². The fourth-order valence-corrected chi connectivity index (χ4v) is 2.29. The van der Waals surface area contributed by atoms with Gasteiger partial charge in [-0.2, -0.15) is 0 Å². The van der Waals surface area contributed by atoms with Crippen LogP contribution in [0.3, 0.4) is 0 Å². The van der Waals surface area contributed by atoms with E-state index < -0.39 is 0 Å². The van der Waals surface area contributed by atoms with Crippen LogP contribution in [-0.4, -0.2) is 5.78 Å². The predicted molar refractivity (Wildman–Crippen MR) is 60.3 cm³/mol. The minimum atomic E-state index is 0.237. The third-order valence-electron chi connectivity index (χ3n) is 3.42. The minimum Gasteiger partial charge on any atom is -0.299 e. The maximum atomic E-state index is 11.5. The fraction of sp³-hybridized carbons (Fsp3) is 0.923. The molecule has 1 heteroatoms. The van der Waals surface area contributed by atoms with Crippen LogP contribution in [-0.2, 0) is 4.79 Å². The Labute approximate surface area is 88.3 Å². The number of Topliss-reactive ketones (excluding diaryl/α,β-unsaturated/α-hetero) is 1. The van der Waals surface area contributed by atoms with Crippen LogP contribution >= 0.6 is 0 Å². The van der Waals surface area contributed by atoms with Crippen LogP contribution in [0.25, 0.3) is 0 Å². The Morgan fingerprint density at radius 2 is 1.71 bits per heavy atom. The van der Waals surface area contributed by atoms with Gasteiger partial charge in [0.1, 0.15) is 5.78 Å². The highest BCUT2D eigenvalue weighted by Crippen LogP contribution is 2.26. The van der Waals surface area contributed by atoms with Crippen LogP contribution in [0, 0.1) is 11.8 Å². The summed E-state index contributed by atoms with van der Waals surface area (Å²) in [4.78, 5) is 11.5. The maximum Gasteiger partial charge on any atom is 0.135 e. The summed E-state index contributed by atoms with van der Waals surface area (Å²) in [5, 5.41) is 0. The molecule has 1 aliphatic carbocycles. The van der Waals surface area contributed by atoms with Crippen molar-refractivity contribution in [2.24, 2.45) is 11.8 Å². The summed E-state index contributed by atoms with van der Waals surface area (Å²) >= 11 is 0. The second kappa shape index (κ2) is 6.21. The number of ketones is 1. The Morgan fingerprint density at radius 3 is 2.21 bits per heavy atom. The molecule has 0 radical (unpaired) electrons. The molecule has 0 aromatic rings. The van der Waals surface area contributed by atoms with Gasteiger partial charge in [0, 0.05) is 12.3 Å². The molecule has 0 atom stereocenters. The predicted octanol–water partition coefficient (Wildman–Crippen LogP) is 3.96. The van der Waals surface area contributed by atoms with Gasteiger partial charge in [-0.25, -0.2) is 0 Å². The standard InChI is InChI=1S/C13H24O/c1-11(2)13(14)10-9-12-7-5-3-4-6-8-12/h11-12H,3-10H2,1-2H3. The quantitative estimate of drug-likeness (QED) is 0.622. The van der Waals surface area contributed by atoms with Crippen molar-refractivity contribution in [2.45, 2.75) is 65.2 Å². The summed E-state index contributed by atoms with van der Waals surface area (Å²) in [5.41, 5.74) is 0. The van der Waals surface area contributed by atoms with Gasteiger partial charge in [0.25, 0.3) is 0 Å². The van der Waals surface area contributed by atoms with Gasteiger partial charge in [-0.3, -0.25) is 4.79 Å². The van der Waals surface area contributed by atoms with Gasteiger partial charge in [-0.1, -0.05) is 52.4 Å². The van der Waals surface area contributed by atoms with Crippen LogP contribution in [0.15, 0.2) is 0 Å². The van der Waals surface area contributed by atoms with Crippen molar-refractivity contribution < 1.29 is 4.79 Å². The molecule has 0 aliphatic heterocycles. The van der Waals surface area contributed by atoms with Gasteiger partial charge >= 0.3 is 0 Å². The highest BCUT2D eigenvalue weighted by Gasteiger charge is 2.14. The molecular formula is C13H24O. The maximum absolute atomic E-state index is 11.5. The van der Waals surface area contributed by atoms with Crippen molar-refractivity contribution in [3.63, 3.8) is 0 Å². The van der Waals surface area contributed by atoms with Gasteiger partial charge in [0.15, 0.2) is 0 Å². The highest BCUT2D eigenvalue weighted by molar-refractivity contribution is 5.80. The van der Waals surface area contributed by atoms with E-state index in [0.717, 1.165) is 18.8 Å². The van der Waals surface area contributed by atoms with E-state index in [-0.39, 0.29) is 5.92 Å². The molecule has 1 fully saturated rings. The van der Waals surface area contributed by atoms with Gasteiger partial charge in [0.2, 0.25) is 0 Å². The van der Waals surface area contributed by atoms with E-state index in [1.54, 1.807) is 0 Å². The largest absolute Gasteiger partial charge is 0.299 e. The summed E-state index contributed by atoms with van der Waals surface area (Å²) in [6.07, 6.45) is 10.3. The molecule has 1 nitrogen and oxygen atoms in total. The van der Waals surface area contributed by atoms with Crippen molar-refractivity contribution in [3.8, 4) is 0 Å².